The van der Waals surface area contributed by atoms with Crippen LogP contribution in [0.4, 0.5) is 34.1 Å². The lowest BCUT2D eigenvalue weighted by Gasteiger charge is -2.51. The summed E-state index contributed by atoms with van der Waals surface area (Å²) in [6.07, 6.45) is 0. The van der Waals surface area contributed by atoms with E-state index in [1.165, 1.54) is 128 Å². The van der Waals surface area contributed by atoms with Crippen molar-refractivity contribution in [3.8, 4) is 23.0 Å². The third kappa shape index (κ3) is 5.87. The zero-order valence-corrected chi connectivity index (χ0v) is 44.5. The van der Waals surface area contributed by atoms with Crippen molar-refractivity contribution >= 4 is 103 Å². The number of nitrogens with zero attached hydrogens (tertiary/aromatic N) is 2. The second-order valence-corrected chi connectivity index (χ2v) is 26.2. The summed E-state index contributed by atoms with van der Waals surface area (Å²) < 4.78 is 15.3. The normalized spacial score (nSPS) is 15.3. The van der Waals surface area contributed by atoms with E-state index in [4.69, 9.17) is 9.47 Å². The summed E-state index contributed by atoms with van der Waals surface area (Å²) in [5.41, 5.74) is 30.5. The molecular formula is C63H65B3N2O2. The Hall–Kier alpha value is -6.07. The SMILES string of the molecule is Cc1cc(C)cc(N2c3cc(C(C)(C)C)cc4c3B3c5c(cc(C(C)(C)C)cc52)B2c5cc(C(C)(C)C)cc6c5B5c7c(cc(C(C)(C)C)cc7N6c6cc(C)cc(C)c6)Oc6c(C)c(c3c2c65)O4)c1. The molecule has 0 unspecified atom stereocenters. The summed E-state index contributed by atoms with van der Waals surface area (Å²) >= 11 is 0. The fraction of sp³-hybridized carbons (Fsp3) is 0.333. The van der Waals surface area contributed by atoms with Gasteiger partial charge in [0.05, 0.1) is 0 Å². The first-order valence-electron chi connectivity index (χ1n) is 25.8. The predicted octanol–water partition coefficient (Wildman–Crippen LogP) is 10.4. The van der Waals surface area contributed by atoms with Gasteiger partial charge in [0.25, 0.3) is 13.4 Å². The number of rotatable bonds is 2. The van der Waals surface area contributed by atoms with E-state index in [1.807, 2.05) is 0 Å². The van der Waals surface area contributed by atoms with E-state index < -0.39 is 0 Å². The molecule has 6 aliphatic rings. The van der Waals surface area contributed by atoms with E-state index >= 15 is 0 Å². The highest BCUT2D eigenvalue weighted by molar-refractivity contribution is 7.20. The minimum atomic E-state index is -0.127. The third-order valence-corrected chi connectivity index (χ3v) is 16.8. The highest BCUT2D eigenvalue weighted by atomic mass is 16.5. The van der Waals surface area contributed by atoms with Gasteiger partial charge in [-0.1, -0.05) is 124 Å². The Bertz CT molecular complexity index is 3300. The molecular weight excluding hydrogens is 849 g/mol. The lowest BCUT2D eigenvalue weighted by molar-refractivity contribution is 0.456. The van der Waals surface area contributed by atoms with Gasteiger partial charge in [0.2, 0.25) is 6.71 Å². The first-order chi connectivity index (χ1) is 32.8. The molecule has 348 valence electrons. The molecule has 13 rings (SSSR count). The van der Waals surface area contributed by atoms with Crippen molar-refractivity contribution in [2.24, 2.45) is 0 Å². The number of fused-ring (bicyclic) bond motifs is 2. The smallest absolute Gasteiger partial charge is 0.255 e. The Morgan fingerprint density at radius 1 is 0.329 bits per heavy atom. The van der Waals surface area contributed by atoms with Gasteiger partial charge in [-0.2, -0.15) is 0 Å². The van der Waals surface area contributed by atoms with Gasteiger partial charge >= 0.3 is 0 Å². The van der Waals surface area contributed by atoms with Crippen LogP contribution < -0.4 is 68.4 Å². The lowest BCUT2D eigenvalue weighted by Crippen LogP contribution is -2.87. The quantitative estimate of drug-likeness (QED) is 0.161. The van der Waals surface area contributed by atoms with Crippen molar-refractivity contribution in [3.63, 3.8) is 0 Å². The number of ether oxygens (including phenoxy) is 2. The molecule has 0 aliphatic carbocycles. The van der Waals surface area contributed by atoms with Crippen LogP contribution in [-0.2, 0) is 21.7 Å². The molecule has 0 bridgehead atoms. The van der Waals surface area contributed by atoms with Gasteiger partial charge in [0.1, 0.15) is 23.0 Å². The van der Waals surface area contributed by atoms with Gasteiger partial charge in [-0.05, 0) is 194 Å². The van der Waals surface area contributed by atoms with Crippen molar-refractivity contribution in [2.75, 3.05) is 9.80 Å². The molecule has 7 heteroatoms. The minimum absolute atomic E-state index is 0.0227. The van der Waals surface area contributed by atoms with Crippen LogP contribution in [0.3, 0.4) is 0 Å². The topological polar surface area (TPSA) is 24.9 Å². The van der Waals surface area contributed by atoms with E-state index in [0.717, 1.165) is 28.6 Å². The van der Waals surface area contributed by atoms with Crippen LogP contribution in [0.15, 0.2) is 84.9 Å². The molecule has 0 saturated carbocycles. The number of anilines is 6. The van der Waals surface area contributed by atoms with Crippen LogP contribution in [0, 0.1) is 34.6 Å². The molecule has 0 amide bonds. The maximum absolute atomic E-state index is 7.65. The molecule has 0 radical (unpaired) electrons. The summed E-state index contributed by atoms with van der Waals surface area (Å²) in [4.78, 5) is 5.24. The van der Waals surface area contributed by atoms with Crippen molar-refractivity contribution in [1.29, 1.82) is 0 Å². The fourth-order valence-electron chi connectivity index (χ4n) is 13.5. The van der Waals surface area contributed by atoms with Gasteiger partial charge in [-0.3, -0.25) is 0 Å². The maximum Gasteiger partial charge on any atom is 0.255 e. The molecule has 0 fully saturated rings. The Kier molecular flexibility index (Phi) is 8.57. The fourth-order valence-corrected chi connectivity index (χ4v) is 13.5. The average Bonchev–Trinajstić information content (AvgIpc) is 3.25. The van der Waals surface area contributed by atoms with Crippen LogP contribution in [0.2, 0.25) is 0 Å². The third-order valence-electron chi connectivity index (χ3n) is 16.8. The molecule has 7 aromatic rings. The van der Waals surface area contributed by atoms with Crippen molar-refractivity contribution < 1.29 is 9.47 Å². The molecule has 7 aromatic carbocycles. The van der Waals surface area contributed by atoms with E-state index in [9.17, 15) is 0 Å². The first kappa shape index (κ1) is 43.9. The molecule has 4 nitrogen and oxygen atoms in total. The molecule has 0 spiro atoms. The highest BCUT2D eigenvalue weighted by Crippen LogP contribution is 2.50. The zero-order valence-electron chi connectivity index (χ0n) is 44.5. The van der Waals surface area contributed by atoms with Crippen LogP contribution >= 0.6 is 0 Å². The van der Waals surface area contributed by atoms with Crippen molar-refractivity contribution in [1.82, 2.24) is 0 Å². The van der Waals surface area contributed by atoms with Crippen LogP contribution in [0.25, 0.3) is 0 Å². The molecule has 70 heavy (non-hydrogen) atoms. The number of hydrogen-bond donors (Lipinski definition) is 0. The molecule has 0 aromatic heterocycles. The molecule has 6 heterocycles. The Labute approximate surface area is 418 Å². The summed E-state index contributed by atoms with van der Waals surface area (Å²) in [5, 5.41) is 0. The summed E-state index contributed by atoms with van der Waals surface area (Å²) in [6.45, 7) is 39.5. The van der Waals surface area contributed by atoms with Crippen LogP contribution in [0.1, 0.15) is 133 Å². The summed E-state index contributed by atoms with van der Waals surface area (Å²) in [5.74, 6) is 3.87. The van der Waals surface area contributed by atoms with E-state index in [0.29, 0.717) is 0 Å². The number of aryl methyl sites for hydroxylation is 4. The summed E-state index contributed by atoms with van der Waals surface area (Å²) in [7, 11) is 0. The van der Waals surface area contributed by atoms with Gasteiger partial charge in [-0.15, -0.1) is 0 Å². The monoisotopic (exact) mass is 915 g/mol. The second kappa shape index (κ2) is 13.7. The Morgan fingerprint density at radius 2 is 0.643 bits per heavy atom. The predicted molar refractivity (Wildman–Crippen MR) is 301 cm³/mol. The van der Waals surface area contributed by atoms with E-state index in [2.05, 4.69) is 212 Å². The molecule has 0 atom stereocenters. The largest absolute Gasteiger partial charge is 0.458 e. The average molecular weight is 915 g/mol. The van der Waals surface area contributed by atoms with E-state index in [1.54, 1.807) is 0 Å². The van der Waals surface area contributed by atoms with Gasteiger partial charge in [0.15, 0.2) is 0 Å². The van der Waals surface area contributed by atoms with Gasteiger partial charge < -0.3 is 19.3 Å². The van der Waals surface area contributed by atoms with Crippen LogP contribution in [0.5, 0.6) is 23.0 Å². The maximum atomic E-state index is 7.65. The molecule has 6 aliphatic heterocycles. The second-order valence-electron chi connectivity index (χ2n) is 26.2. The molecule has 0 saturated heterocycles. The Morgan fingerprint density at radius 3 is 0.971 bits per heavy atom. The molecule has 0 N–H and O–H groups in total. The minimum Gasteiger partial charge on any atom is -0.458 e. The lowest BCUT2D eigenvalue weighted by atomic mass is 9.13. The highest BCUT2D eigenvalue weighted by Gasteiger charge is 2.58. The van der Waals surface area contributed by atoms with Crippen molar-refractivity contribution in [2.45, 2.75) is 139 Å². The van der Waals surface area contributed by atoms with E-state index in [-0.39, 0.29) is 41.8 Å². The summed E-state index contributed by atoms with van der Waals surface area (Å²) in [6, 6.07) is 34.3. The van der Waals surface area contributed by atoms with Gasteiger partial charge in [-0.25, -0.2) is 0 Å². The Balaban J connectivity index is 1.23. The number of hydrogen-bond acceptors (Lipinski definition) is 4. The van der Waals surface area contributed by atoms with Gasteiger partial charge in [0, 0.05) is 39.7 Å². The number of benzene rings is 7. The van der Waals surface area contributed by atoms with Crippen LogP contribution in [-0.4, -0.2) is 20.1 Å². The zero-order chi connectivity index (χ0) is 49.4. The standard InChI is InChI=1S/C63H65B3N2O2/c1-32-18-33(2)21-41(20-32)67-45-26-37(60(6,7)8)24-43-51(45)65-53-47(67)28-39(62(12,13)14)30-49(53)69-58-36(5)59-57-55(56(58)65)64(43)44-25-38(61(9,10)11)27-46-52(44)66(57)54-48(29-40(63(15,16)17)31-50(54)70-59)68(46)42-22-34(3)19-35(4)23-42/h18-31H,1-17H3. The van der Waals surface area contributed by atoms with Crippen molar-refractivity contribution in [3.05, 3.63) is 135 Å². The first-order valence-corrected chi connectivity index (χ1v) is 25.8.